The van der Waals surface area contributed by atoms with E-state index in [4.69, 9.17) is 16.7 Å². The molecular formula is C10H12ClNO2. The van der Waals surface area contributed by atoms with Gasteiger partial charge in [0, 0.05) is 0 Å². The average Bonchev–Trinajstić information content (AvgIpc) is 2.09. The minimum absolute atomic E-state index is 0.0952. The smallest absolute Gasteiger partial charge is 0.354 e. The SMILES string of the molecule is CCCc1nc(C(=O)O)c(C)cc1Cl. The highest BCUT2D eigenvalue weighted by Crippen LogP contribution is 2.19. The third-order valence-electron chi connectivity index (χ3n) is 1.93. The molecule has 14 heavy (non-hydrogen) atoms. The molecule has 1 heterocycles. The summed E-state index contributed by atoms with van der Waals surface area (Å²) >= 11 is 5.93. The molecule has 3 nitrogen and oxygen atoms in total. The Morgan fingerprint density at radius 2 is 2.29 bits per heavy atom. The van der Waals surface area contributed by atoms with Crippen LogP contribution in [0.15, 0.2) is 6.07 Å². The number of hydrogen-bond acceptors (Lipinski definition) is 2. The van der Waals surface area contributed by atoms with Crippen molar-refractivity contribution in [1.82, 2.24) is 4.98 Å². The molecule has 1 aromatic heterocycles. The maximum absolute atomic E-state index is 10.8. The second kappa shape index (κ2) is 4.42. The molecule has 4 heteroatoms. The van der Waals surface area contributed by atoms with Gasteiger partial charge in [0.2, 0.25) is 0 Å². The van der Waals surface area contributed by atoms with E-state index in [9.17, 15) is 4.79 Å². The Hall–Kier alpha value is -1.09. The van der Waals surface area contributed by atoms with Crippen molar-refractivity contribution in [3.05, 3.63) is 28.0 Å². The number of aromatic carboxylic acids is 1. The summed E-state index contributed by atoms with van der Waals surface area (Å²) in [5, 5.41) is 9.39. The number of carbonyl (C=O) groups is 1. The van der Waals surface area contributed by atoms with Gasteiger partial charge in [0.15, 0.2) is 5.69 Å². The van der Waals surface area contributed by atoms with E-state index in [2.05, 4.69) is 4.98 Å². The monoisotopic (exact) mass is 213 g/mol. The fraction of sp³-hybridized carbons (Fsp3) is 0.400. The predicted molar refractivity (Wildman–Crippen MR) is 54.9 cm³/mol. The molecule has 1 aromatic rings. The van der Waals surface area contributed by atoms with Crippen molar-refractivity contribution in [3.63, 3.8) is 0 Å². The average molecular weight is 214 g/mol. The topological polar surface area (TPSA) is 50.2 Å². The van der Waals surface area contributed by atoms with Gasteiger partial charge in [-0.3, -0.25) is 0 Å². The summed E-state index contributed by atoms with van der Waals surface area (Å²) in [6.07, 6.45) is 1.61. The first kappa shape index (κ1) is 11.0. The quantitative estimate of drug-likeness (QED) is 0.840. The number of hydrogen-bond donors (Lipinski definition) is 1. The number of halogens is 1. The van der Waals surface area contributed by atoms with Crippen molar-refractivity contribution in [1.29, 1.82) is 0 Å². The zero-order valence-electron chi connectivity index (χ0n) is 8.17. The molecule has 0 unspecified atom stereocenters. The Bertz CT molecular complexity index is 363. The number of aryl methyl sites for hydroxylation is 2. The molecule has 1 N–H and O–H groups in total. The fourth-order valence-electron chi connectivity index (χ4n) is 1.25. The molecule has 0 aliphatic heterocycles. The van der Waals surface area contributed by atoms with Crippen LogP contribution in [0.3, 0.4) is 0 Å². The Labute approximate surface area is 87.7 Å². The van der Waals surface area contributed by atoms with Crippen LogP contribution < -0.4 is 0 Å². The highest BCUT2D eigenvalue weighted by Gasteiger charge is 2.12. The summed E-state index contributed by atoms with van der Waals surface area (Å²) in [5.74, 6) is -1.00. The van der Waals surface area contributed by atoms with Crippen LogP contribution in [0.5, 0.6) is 0 Å². The van der Waals surface area contributed by atoms with Crippen LogP contribution in [-0.4, -0.2) is 16.1 Å². The normalized spacial score (nSPS) is 10.2. The van der Waals surface area contributed by atoms with Gasteiger partial charge < -0.3 is 5.11 Å². The zero-order valence-corrected chi connectivity index (χ0v) is 8.93. The third-order valence-corrected chi connectivity index (χ3v) is 2.26. The second-order valence-electron chi connectivity index (χ2n) is 3.14. The molecule has 0 amide bonds. The van der Waals surface area contributed by atoms with Crippen LogP contribution in [0.4, 0.5) is 0 Å². The predicted octanol–water partition coefficient (Wildman–Crippen LogP) is 2.69. The molecule has 0 aliphatic rings. The molecule has 1 rings (SSSR count). The van der Waals surface area contributed by atoms with Crippen LogP contribution >= 0.6 is 11.6 Å². The molecular weight excluding hydrogens is 202 g/mol. The van der Waals surface area contributed by atoms with E-state index in [1.54, 1.807) is 13.0 Å². The van der Waals surface area contributed by atoms with Crippen molar-refractivity contribution >= 4 is 17.6 Å². The van der Waals surface area contributed by atoms with Gasteiger partial charge >= 0.3 is 5.97 Å². The van der Waals surface area contributed by atoms with Crippen molar-refractivity contribution in [2.75, 3.05) is 0 Å². The number of carboxylic acids is 1. The van der Waals surface area contributed by atoms with Crippen molar-refractivity contribution in [3.8, 4) is 0 Å². The highest BCUT2D eigenvalue weighted by molar-refractivity contribution is 6.31. The van der Waals surface area contributed by atoms with E-state index in [0.29, 0.717) is 22.7 Å². The third kappa shape index (κ3) is 2.23. The van der Waals surface area contributed by atoms with E-state index >= 15 is 0 Å². The lowest BCUT2D eigenvalue weighted by Crippen LogP contribution is -2.06. The Balaban J connectivity index is 3.20. The number of rotatable bonds is 3. The second-order valence-corrected chi connectivity index (χ2v) is 3.54. The van der Waals surface area contributed by atoms with E-state index in [-0.39, 0.29) is 5.69 Å². The molecule has 0 aliphatic carbocycles. The molecule has 0 atom stereocenters. The standard InChI is InChI=1S/C10H12ClNO2/c1-3-4-8-7(11)5-6(2)9(12-8)10(13)14/h5H,3-4H2,1-2H3,(H,13,14). The number of nitrogens with zero attached hydrogens (tertiary/aromatic N) is 1. The van der Waals surface area contributed by atoms with E-state index in [0.717, 1.165) is 6.42 Å². The number of aromatic nitrogens is 1. The summed E-state index contributed by atoms with van der Waals surface area (Å²) in [7, 11) is 0. The first-order chi connectivity index (χ1) is 6.56. The van der Waals surface area contributed by atoms with Crippen molar-refractivity contribution in [2.24, 2.45) is 0 Å². The summed E-state index contributed by atoms with van der Waals surface area (Å²) in [5.41, 5.74) is 1.36. The van der Waals surface area contributed by atoms with Crippen molar-refractivity contribution < 1.29 is 9.90 Å². The fourth-order valence-corrected chi connectivity index (χ4v) is 1.55. The number of pyridine rings is 1. The zero-order chi connectivity index (χ0) is 10.7. The minimum Gasteiger partial charge on any atom is -0.477 e. The maximum Gasteiger partial charge on any atom is 0.354 e. The lowest BCUT2D eigenvalue weighted by molar-refractivity contribution is 0.0689. The van der Waals surface area contributed by atoms with Gasteiger partial charge in [-0.15, -0.1) is 0 Å². The lowest BCUT2D eigenvalue weighted by Gasteiger charge is -2.05. The first-order valence-electron chi connectivity index (χ1n) is 4.45. The molecule has 0 fully saturated rings. The van der Waals surface area contributed by atoms with Crippen LogP contribution in [-0.2, 0) is 6.42 Å². The van der Waals surface area contributed by atoms with E-state index in [1.807, 2.05) is 6.92 Å². The van der Waals surface area contributed by atoms with Crippen molar-refractivity contribution in [2.45, 2.75) is 26.7 Å². The van der Waals surface area contributed by atoms with Gasteiger partial charge in [0.25, 0.3) is 0 Å². The maximum atomic E-state index is 10.8. The Morgan fingerprint density at radius 3 is 2.79 bits per heavy atom. The van der Waals surface area contributed by atoms with Gasteiger partial charge in [-0.2, -0.15) is 0 Å². The van der Waals surface area contributed by atoms with Crippen LogP contribution in [0.2, 0.25) is 5.02 Å². The molecule has 0 spiro atoms. The van der Waals surface area contributed by atoms with Crippen LogP contribution in [0, 0.1) is 6.92 Å². The van der Waals surface area contributed by atoms with E-state index < -0.39 is 5.97 Å². The van der Waals surface area contributed by atoms with E-state index in [1.165, 1.54) is 0 Å². The summed E-state index contributed by atoms with van der Waals surface area (Å²) in [6.45, 7) is 3.69. The molecule has 0 bridgehead atoms. The number of carboxylic acid groups (broad SMARTS) is 1. The van der Waals surface area contributed by atoms with Gasteiger partial charge in [0.05, 0.1) is 10.7 Å². The van der Waals surface area contributed by atoms with Crippen LogP contribution in [0.25, 0.3) is 0 Å². The van der Waals surface area contributed by atoms with Gasteiger partial charge in [-0.25, -0.2) is 9.78 Å². The molecule has 0 radical (unpaired) electrons. The van der Waals surface area contributed by atoms with Gasteiger partial charge in [-0.05, 0) is 25.0 Å². The summed E-state index contributed by atoms with van der Waals surface area (Å²) in [6, 6.07) is 1.66. The Kier molecular flexibility index (Phi) is 3.47. The largest absolute Gasteiger partial charge is 0.477 e. The molecule has 0 saturated heterocycles. The highest BCUT2D eigenvalue weighted by atomic mass is 35.5. The van der Waals surface area contributed by atoms with Gasteiger partial charge in [0.1, 0.15) is 0 Å². The Morgan fingerprint density at radius 1 is 1.64 bits per heavy atom. The molecule has 0 aromatic carbocycles. The molecule has 76 valence electrons. The van der Waals surface area contributed by atoms with Gasteiger partial charge in [-0.1, -0.05) is 24.9 Å². The van der Waals surface area contributed by atoms with Crippen LogP contribution in [0.1, 0.15) is 35.1 Å². The summed E-state index contributed by atoms with van der Waals surface area (Å²) < 4.78 is 0. The minimum atomic E-state index is -1.00. The summed E-state index contributed by atoms with van der Waals surface area (Å²) in [4.78, 5) is 14.8. The molecule has 0 saturated carbocycles. The lowest BCUT2D eigenvalue weighted by atomic mass is 10.1. The first-order valence-corrected chi connectivity index (χ1v) is 4.83.